The number of carbonyl (C=O) groups excluding carboxylic acids is 1. The fourth-order valence-corrected chi connectivity index (χ4v) is 2.44. The molecule has 1 aliphatic rings. The summed E-state index contributed by atoms with van der Waals surface area (Å²) in [7, 11) is 1.85. The average molecular weight is 276 g/mol. The SMILES string of the molecule is Cc1ccc(NC(=O)N(C)CC2CCOCC2)cc1C. The predicted octanol–water partition coefficient (Wildman–Crippen LogP) is 3.19. The number of hydrogen-bond donors (Lipinski definition) is 1. The van der Waals surface area contributed by atoms with E-state index in [0.29, 0.717) is 5.92 Å². The van der Waals surface area contributed by atoms with Crippen LogP contribution in [0.15, 0.2) is 18.2 Å². The third-order valence-electron chi connectivity index (χ3n) is 3.98. The first-order chi connectivity index (χ1) is 9.56. The van der Waals surface area contributed by atoms with Crippen LogP contribution in [-0.2, 0) is 4.74 Å². The van der Waals surface area contributed by atoms with Crippen molar-refractivity contribution < 1.29 is 9.53 Å². The molecule has 0 bridgehead atoms. The summed E-state index contributed by atoms with van der Waals surface area (Å²) in [5.41, 5.74) is 3.28. The maximum atomic E-state index is 12.2. The third-order valence-corrected chi connectivity index (χ3v) is 3.98. The van der Waals surface area contributed by atoms with Gasteiger partial charge in [0, 0.05) is 32.5 Å². The largest absolute Gasteiger partial charge is 0.381 e. The van der Waals surface area contributed by atoms with E-state index < -0.39 is 0 Å². The number of rotatable bonds is 3. The fraction of sp³-hybridized carbons (Fsp3) is 0.562. The van der Waals surface area contributed by atoms with Crippen molar-refractivity contribution >= 4 is 11.7 Å². The summed E-state index contributed by atoms with van der Waals surface area (Å²) in [4.78, 5) is 13.9. The maximum Gasteiger partial charge on any atom is 0.321 e. The molecule has 1 aliphatic heterocycles. The van der Waals surface area contributed by atoms with Gasteiger partial charge in [-0.25, -0.2) is 4.79 Å². The van der Waals surface area contributed by atoms with Gasteiger partial charge in [-0.15, -0.1) is 0 Å². The van der Waals surface area contributed by atoms with Gasteiger partial charge < -0.3 is 15.0 Å². The van der Waals surface area contributed by atoms with Crippen molar-refractivity contribution in [2.45, 2.75) is 26.7 Å². The molecule has 2 amide bonds. The number of hydrogen-bond acceptors (Lipinski definition) is 2. The molecule has 110 valence electrons. The van der Waals surface area contributed by atoms with Crippen LogP contribution in [0.1, 0.15) is 24.0 Å². The highest BCUT2D eigenvalue weighted by Crippen LogP contribution is 2.17. The van der Waals surface area contributed by atoms with Crippen molar-refractivity contribution in [3.8, 4) is 0 Å². The smallest absolute Gasteiger partial charge is 0.321 e. The molecular weight excluding hydrogens is 252 g/mol. The van der Waals surface area contributed by atoms with Crippen LogP contribution < -0.4 is 5.32 Å². The lowest BCUT2D eigenvalue weighted by molar-refractivity contribution is 0.0592. The lowest BCUT2D eigenvalue weighted by Gasteiger charge is -2.27. The second-order valence-corrected chi connectivity index (χ2v) is 5.67. The lowest BCUT2D eigenvalue weighted by Crippen LogP contribution is -2.36. The summed E-state index contributed by atoms with van der Waals surface area (Å²) in [6.45, 7) is 6.55. The normalized spacial score (nSPS) is 15.9. The van der Waals surface area contributed by atoms with Gasteiger partial charge >= 0.3 is 6.03 Å². The first-order valence-corrected chi connectivity index (χ1v) is 7.23. The van der Waals surface area contributed by atoms with Crippen molar-refractivity contribution in [2.24, 2.45) is 5.92 Å². The average Bonchev–Trinajstić information content (AvgIpc) is 2.44. The summed E-state index contributed by atoms with van der Waals surface area (Å²) < 4.78 is 5.34. The molecule has 1 aromatic carbocycles. The van der Waals surface area contributed by atoms with E-state index in [9.17, 15) is 4.79 Å². The zero-order valence-corrected chi connectivity index (χ0v) is 12.6. The highest BCUT2D eigenvalue weighted by molar-refractivity contribution is 5.89. The van der Waals surface area contributed by atoms with Crippen LogP contribution in [0.4, 0.5) is 10.5 Å². The number of urea groups is 1. The van der Waals surface area contributed by atoms with Crippen LogP contribution >= 0.6 is 0 Å². The van der Waals surface area contributed by atoms with Crippen LogP contribution in [0.2, 0.25) is 0 Å². The highest BCUT2D eigenvalue weighted by Gasteiger charge is 2.18. The molecule has 1 aromatic rings. The number of aryl methyl sites for hydroxylation is 2. The molecular formula is C16H24N2O2. The van der Waals surface area contributed by atoms with E-state index in [4.69, 9.17) is 4.74 Å². The molecule has 1 saturated heterocycles. The molecule has 0 aliphatic carbocycles. The number of nitrogens with one attached hydrogen (secondary N) is 1. The number of benzene rings is 1. The van der Waals surface area contributed by atoms with Gasteiger partial charge in [0.1, 0.15) is 0 Å². The van der Waals surface area contributed by atoms with Crippen LogP contribution in [0, 0.1) is 19.8 Å². The Morgan fingerprint density at radius 1 is 1.30 bits per heavy atom. The monoisotopic (exact) mass is 276 g/mol. The minimum atomic E-state index is -0.0419. The van der Waals surface area contributed by atoms with Gasteiger partial charge in [-0.05, 0) is 55.9 Å². The number of carbonyl (C=O) groups is 1. The van der Waals surface area contributed by atoms with Crippen molar-refractivity contribution in [3.05, 3.63) is 29.3 Å². The van der Waals surface area contributed by atoms with E-state index in [1.54, 1.807) is 4.90 Å². The van der Waals surface area contributed by atoms with Crippen LogP contribution in [-0.4, -0.2) is 37.7 Å². The first-order valence-electron chi connectivity index (χ1n) is 7.23. The second-order valence-electron chi connectivity index (χ2n) is 5.67. The quantitative estimate of drug-likeness (QED) is 0.921. The first kappa shape index (κ1) is 14.9. The molecule has 2 rings (SSSR count). The molecule has 0 atom stereocenters. The fourth-order valence-electron chi connectivity index (χ4n) is 2.44. The Balaban J connectivity index is 1.88. The zero-order valence-electron chi connectivity index (χ0n) is 12.6. The van der Waals surface area contributed by atoms with E-state index in [0.717, 1.165) is 38.3 Å². The van der Waals surface area contributed by atoms with Gasteiger partial charge in [0.25, 0.3) is 0 Å². The predicted molar refractivity (Wildman–Crippen MR) is 81.1 cm³/mol. The summed E-state index contributed by atoms with van der Waals surface area (Å²) in [6, 6.07) is 5.95. The van der Waals surface area contributed by atoms with Gasteiger partial charge in [-0.3, -0.25) is 0 Å². The van der Waals surface area contributed by atoms with Crippen molar-refractivity contribution in [2.75, 3.05) is 32.1 Å². The van der Waals surface area contributed by atoms with Gasteiger partial charge in [0.05, 0.1) is 0 Å². The summed E-state index contributed by atoms with van der Waals surface area (Å²) >= 11 is 0. The Kier molecular flexibility index (Phi) is 5.01. The van der Waals surface area contributed by atoms with Crippen LogP contribution in [0.3, 0.4) is 0 Å². The second kappa shape index (κ2) is 6.75. The molecule has 0 spiro atoms. The minimum Gasteiger partial charge on any atom is -0.381 e. The number of amides is 2. The molecule has 0 unspecified atom stereocenters. The number of ether oxygens (including phenoxy) is 1. The van der Waals surface area contributed by atoms with Crippen LogP contribution in [0.5, 0.6) is 0 Å². The minimum absolute atomic E-state index is 0.0419. The highest BCUT2D eigenvalue weighted by atomic mass is 16.5. The van der Waals surface area contributed by atoms with Crippen molar-refractivity contribution in [3.63, 3.8) is 0 Å². The van der Waals surface area contributed by atoms with E-state index in [1.165, 1.54) is 11.1 Å². The van der Waals surface area contributed by atoms with Gasteiger partial charge in [-0.2, -0.15) is 0 Å². The molecule has 1 N–H and O–H groups in total. The van der Waals surface area contributed by atoms with E-state index in [-0.39, 0.29) is 6.03 Å². The Morgan fingerprint density at radius 3 is 2.65 bits per heavy atom. The number of nitrogens with zero attached hydrogens (tertiary/aromatic N) is 1. The summed E-state index contributed by atoms with van der Waals surface area (Å²) in [5.74, 6) is 0.555. The Morgan fingerprint density at radius 2 is 2.00 bits per heavy atom. The zero-order chi connectivity index (χ0) is 14.5. The molecule has 4 nitrogen and oxygen atoms in total. The van der Waals surface area contributed by atoms with Crippen LogP contribution in [0.25, 0.3) is 0 Å². The van der Waals surface area contributed by atoms with Gasteiger partial charge in [0.2, 0.25) is 0 Å². The van der Waals surface area contributed by atoms with Crippen molar-refractivity contribution in [1.82, 2.24) is 4.90 Å². The Hall–Kier alpha value is -1.55. The van der Waals surface area contributed by atoms with E-state index >= 15 is 0 Å². The van der Waals surface area contributed by atoms with E-state index in [2.05, 4.69) is 19.2 Å². The molecule has 0 radical (unpaired) electrons. The third kappa shape index (κ3) is 3.97. The standard InChI is InChI=1S/C16H24N2O2/c1-12-4-5-15(10-13(12)2)17-16(19)18(3)11-14-6-8-20-9-7-14/h4-5,10,14H,6-9,11H2,1-3H3,(H,17,19). The topological polar surface area (TPSA) is 41.6 Å². The Bertz CT molecular complexity index is 468. The summed E-state index contributed by atoms with van der Waals surface area (Å²) in [6.07, 6.45) is 2.09. The molecule has 20 heavy (non-hydrogen) atoms. The molecule has 4 heteroatoms. The van der Waals surface area contributed by atoms with E-state index in [1.807, 2.05) is 25.2 Å². The molecule has 1 heterocycles. The number of anilines is 1. The lowest BCUT2D eigenvalue weighted by atomic mass is 10.00. The molecule has 0 saturated carbocycles. The molecule has 0 aromatic heterocycles. The molecule has 1 fully saturated rings. The Labute approximate surface area is 121 Å². The van der Waals surface area contributed by atoms with Gasteiger partial charge in [-0.1, -0.05) is 6.07 Å². The van der Waals surface area contributed by atoms with Gasteiger partial charge in [0.15, 0.2) is 0 Å². The van der Waals surface area contributed by atoms with Crippen molar-refractivity contribution in [1.29, 1.82) is 0 Å². The maximum absolute atomic E-state index is 12.2. The summed E-state index contributed by atoms with van der Waals surface area (Å²) in [5, 5.41) is 2.96.